The van der Waals surface area contributed by atoms with Crippen molar-refractivity contribution in [3.05, 3.63) is 103 Å². The maximum absolute atomic E-state index is 4.70. The van der Waals surface area contributed by atoms with Crippen molar-refractivity contribution in [2.75, 3.05) is 20.6 Å². The van der Waals surface area contributed by atoms with Crippen LogP contribution < -0.4 is 0 Å². The van der Waals surface area contributed by atoms with Crippen LogP contribution in [0.3, 0.4) is 0 Å². The van der Waals surface area contributed by atoms with E-state index in [1.165, 1.54) is 11.1 Å². The maximum atomic E-state index is 4.70. The highest BCUT2D eigenvalue weighted by Gasteiger charge is 2.14. The Balaban J connectivity index is 1.52. The predicted molar refractivity (Wildman–Crippen MR) is 156 cm³/mol. The molecule has 5 heteroatoms. The number of pyridine rings is 1. The number of allylic oxidation sites excluding steroid dienone is 5. The summed E-state index contributed by atoms with van der Waals surface area (Å²) in [5.41, 5.74) is 9.85. The molecule has 0 unspecified atom stereocenters. The Hall–Kier alpha value is -4.22. The molecule has 3 aromatic heterocycles. The van der Waals surface area contributed by atoms with Crippen LogP contribution in [-0.4, -0.2) is 45.7 Å². The number of benzene rings is 2. The predicted octanol–water partition coefficient (Wildman–Crippen LogP) is 7.63. The summed E-state index contributed by atoms with van der Waals surface area (Å²) in [6.45, 7) is 7.20. The van der Waals surface area contributed by atoms with Gasteiger partial charge in [-0.25, -0.2) is 0 Å². The standard InChI is InChI=1S/C32H33N5/c1-5-22(10-9-17-37(3)4)18-23(6-2)24-14-15-30-28(19-24)32(36-35-30)31-20-27-26(12-7-13-29(27)34-31)25-11-8-16-33-21-25/h5-8,11-16,18-21,34H,1,9-10,17H2,2-4H3,(H,35,36)/b22-18+,23-6+. The summed E-state index contributed by atoms with van der Waals surface area (Å²) in [5.74, 6) is 0. The van der Waals surface area contributed by atoms with E-state index in [4.69, 9.17) is 5.10 Å². The third-order valence-electron chi connectivity index (χ3n) is 6.77. The fourth-order valence-electron chi connectivity index (χ4n) is 4.82. The molecule has 0 amide bonds. The molecule has 186 valence electrons. The van der Waals surface area contributed by atoms with Crippen molar-refractivity contribution in [3.8, 4) is 22.5 Å². The second-order valence-corrected chi connectivity index (χ2v) is 9.60. The zero-order valence-electron chi connectivity index (χ0n) is 21.8. The van der Waals surface area contributed by atoms with Gasteiger partial charge in [-0.1, -0.05) is 49.1 Å². The molecule has 37 heavy (non-hydrogen) atoms. The van der Waals surface area contributed by atoms with E-state index in [-0.39, 0.29) is 0 Å². The van der Waals surface area contributed by atoms with Crippen molar-refractivity contribution in [1.82, 2.24) is 25.1 Å². The highest BCUT2D eigenvalue weighted by molar-refractivity contribution is 6.01. The molecule has 0 aliphatic carbocycles. The molecular weight excluding hydrogens is 454 g/mol. The van der Waals surface area contributed by atoms with E-state index in [1.807, 2.05) is 18.3 Å². The van der Waals surface area contributed by atoms with E-state index in [0.29, 0.717) is 0 Å². The van der Waals surface area contributed by atoms with Gasteiger partial charge in [0.05, 0.1) is 11.2 Å². The second-order valence-electron chi connectivity index (χ2n) is 9.60. The van der Waals surface area contributed by atoms with Crippen molar-refractivity contribution < 1.29 is 0 Å². The van der Waals surface area contributed by atoms with Crippen LogP contribution in [-0.2, 0) is 0 Å². The zero-order valence-corrected chi connectivity index (χ0v) is 21.8. The SMILES string of the molecule is C=C/C(=C\C(=C/C)c1ccc2[nH]nc(-c3cc4c(-c5cccnc5)cccc4[nH]3)c2c1)CCCN(C)C. The van der Waals surface area contributed by atoms with E-state index in [0.717, 1.165) is 69.3 Å². The lowest BCUT2D eigenvalue weighted by atomic mass is 9.98. The monoisotopic (exact) mass is 487 g/mol. The first-order chi connectivity index (χ1) is 18.1. The van der Waals surface area contributed by atoms with Crippen LogP contribution in [0.5, 0.6) is 0 Å². The minimum absolute atomic E-state index is 0.916. The average Bonchev–Trinajstić information content (AvgIpc) is 3.54. The fraction of sp³-hybridized carbons (Fsp3) is 0.188. The van der Waals surface area contributed by atoms with E-state index in [1.54, 1.807) is 6.20 Å². The molecule has 0 atom stereocenters. The third-order valence-corrected chi connectivity index (χ3v) is 6.77. The normalized spacial score (nSPS) is 12.6. The summed E-state index contributed by atoms with van der Waals surface area (Å²) in [6, 6.07) is 19.1. The van der Waals surface area contributed by atoms with Gasteiger partial charge in [0.15, 0.2) is 0 Å². The molecular formula is C32H33N5. The molecule has 2 N–H and O–H groups in total. The van der Waals surface area contributed by atoms with E-state index in [2.05, 4.69) is 108 Å². The van der Waals surface area contributed by atoms with Crippen LogP contribution in [0.15, 0.2) is 97.4 Å². The van der Waals surface area contributed by atoms with Gasteiger partial charge < -0.3 is 9.88 Å². The van der Waals surface area contributed by atoms with Crippen molar-refractivity contribution in [3.63, 3.8) is 0 Å². The van der Waals surface area contributed by atoms with Crippen LogP contribution in [0, 0.1) is 0 Å². The number of H-pyrrole nitrogens is 2. The minimum Gasteiger partial charge on any atom is -0.353 e. The Morgan fingerprint density at radius 1 is 1.03 bits per heavy atom. The molecule has 0 radical (unpaired) electrons. The van der Waals surface area contributed by atoms with Gasteiger partial charge in [-0.2, -0.15) is 5.10 Å². The van der Waals surface area contributed by atoms with Gasteiger partial charge in [0.25, 0.3) is 0 Å². The molecule has 5 nitrogen and oxygen atoms in total. The number of rotatable bonds is 9. The Labute approximate surface area is 218 Å². The number of nitrogens with one attached hydrogen (secondary N) is 2. The van der Waals surface area contributed by atoms with E-state index >= 15 is 0 Å². The Morgan fingerprint density at radius 2 is 1.92 bits per heavy atom. The highest BCUT2D eigenvalue weighted by Crippen LogP contribution is 2.34. The maximum Gasteiger partial charge on any atom is 0.116 e. The van der Waals surface area contributed by atoms with Crippen LogP contribution >= 0.6 is 0 Å². The Morgan fingerprint density at radius 3 is 2.68 bits per heavy atom. The van der Waals surface area contributed by atoms with E-state index < -0.39 is 0 Å². The highest BCUT2D eigenvalue weighted by atomic mass is 15.1. The molecule has 0 saturated heterocycles. The lowest BCUT2D eigenvalue weighted by molar-refractivity contribution is 0.400. The topological polar surface area (TPSA) is 60.6 Å². The average molecular weight is 488 g/mol. The summed E-state index contributed by atoms with van der Waals surface area (Å²) in [7, 11) is 4.22. The summed E-state index contributed by atoms with van der Waals surface area (Å²) in [4.78, 5) is 10.1. The van der Waals surface area contributed by atoms with Gasteiger partial charge in [0.1, 0.15) is 5.69 Å². The second kappa shape index (κ2) is 10.8. The molecule has 0 aliphatic rings. The van der Waals surface area contributed by atoms with Crippen molar-refractivity contribution in [2.24, 2.45) is 0 Å². The minimum atomic E-state index is 0.916. The molecule has 0 saturated carbocycles. The number of nitrogens with zero attached hydrogens (tertiary/aromatic N) is 3. The van der Waals surface area contributed by atoms with Gasteiger partial charge >= 0.3 is 0 Å². The summed E-state index contributed by atoms with van der Waals surface area (Å²) in [6.07, 6.45) is 12.2. The fourth-order valence-corrected chi connectivity index (χ4v) is 4.82. The number of hydrogen-bond donors (Lipinski definition) is 2. The zero-order chi connectivity index (χ0) is 25.8. The largest absolute Gasteiger partial charge is 0.353 e. The van der Waals surface area contributed by atoms with Crippen molar-refractivity contribution in [2.45, 2.75) is 19.8 Å². The van der Waals surface area contributed by atoms with Gasteiger partial charge in [-0.15, -0.1) is 0 Å². The molecule has 0 fully saturated rings. The van der Waals surface area contributed by atoms with Crippen molar-refractivity contribution >= 4 is 27.4 Å². The lowest BCUT2D eigenvalue weighted by Crippen LogP contribution is -2.12. The first kappa shape index (κ1) is 24.5. The van der Waals surface area contributed by atoms with Crippen LogP contribution in [0.25, 0.3) is 49.9 Å². The van der Waals surface area contributed by atoms with E-state index in [9.17, 15) is 0 Å². The third kappa shape index (κ3) is 5.18. The van der Waals surface area contributed by atoms with Gasteiger partial charge in [-0.3, -0.25) is 10.1 Å². The first-order valence-electron chi connectivity index (χ1n) is 12.7. The number of aromatic amines is 2. The number of fused-ring (bicyclic) bond motifs is 2. The van der Waals surface area contributed by atoms with Crippen molar-refractivity contribution in [1.29, 1.82) is 0 Å². The first-order valence-corrected chi connectivity index (χ1v) is 12.7. The molecule has 2 aromatic carbocycles. The molecule has 0 spiro atoms. The summed E-state index contributed by atoms with van der Waals surface area (Å²) >= 11 is 0. The Kier molecular flexibility index (Phi) is 7.15. The van der Waals surface area contributed by atoms with Gasteiger partial charge in [0, 0.05) is 34.2 Å². The quantitative estimate of drug-likeness (QED) is 0.210. The number of aromatic nitrogens is 4. The van der Waals surface area contributed by atoms with Crippen LogP contribution in [0.4, 0.5) is 0 Å². The summed E-state index contributed by atoms with van der Waals surface area (Å²) in [5, 5.41) is 10.2. The Bertz CT molecular complexity index is 1600. The van der Waals surface area contributed by atoms with Crippen LogP contribution in [0.2, 0.25) is 0 Å². The van der Waals surface area contributed by atoms with Gasteiger partial charge in [0.2, 0.25) is 0 Å². The molecule has 0 aliphatic heterocycles. The molecule has 5 rings (SSSR count). The van der Waals surface area contributed by atoms with Gasteiger partial charge in [-0.05, 0) is 93.0 Å². The molecule has 0 bridgehead atoms. The summed E-state index contributed by atoms with van der Waals surface area (Å²) < 4.78 is 0. The van der Waals surface area contributed by atoms with Crippen LogP contribution in [0.1, 0.15) is 25.3 Å². The molecule has 5 aromatic rings. The molecule has 3 heterocycles. The smallest absolute Gasteiger partial charge is 0.116 e. The lowest BCUT2D eigenvalue weighted by Gasteiger charge is -2.10. The number of hydrogen-bond acceptors (Lipinski definition) is 3.